The van der Waals surface area contributed by atoms with Crippen LogP contribution in [0.5, 0.6) is 11.5 Å². The molecule has 1 saturated heterocycles. The van der Waals surface area contributed by atoms with Gasteiger partial charge < -0.3 is 14.4 Å². The lowest BCUT2D eigenvalue weighted by atomic mass is 10.1. The second-order valence-electron chi connectivity index (χ2n) is 5.85. The maximum Gasteiger partial charge on any atom is 0.573 e. The summed E-state index contributed by atoms with van der Waals surface area (Å²) in [5.74, 6) is 0.769. The van der Waals surface area contributed by atoms with E-state index in [4.69, 9.17) is 4.74 Å². The van der Waals surface area contributed by atoms with E-state index in [2.05, 4.69) is 4.74 Å². The number of hydrogen-bond acceptors (Lipinski definition) is 4. The molecule has 0 aromatic heterocycles. The van der Waals surface area contributed by atoms with Crippen molar-refractivity contribution in [3.05, 3.63) is 59.7 Å². The normalized spacial score (nSPS) is 17.3. The summed E-state index contributed by atoms with van der Waals surface area (Å²) in [6.45, 7) is 2.71. The third-order valence-electron chi connectivity index (χ3n) is 3.96. The number of carbonyl (C=O) groups excluding carboxylic acids is 1. The number of alkyl halides is 3. The molecule has 2 aromatic carbocycles. The van der Waals surface area contributed by atoms with Crippen molar-refractivity contribution in [2.24, 2.45) is 0 Å². The summed E-state index contributed by atoms with van der Waals surface area (Å²) >= 11 is 1.50. The number of hydrogen-bond donors (Lipinski definition) is 0. The number of rotatable bonds is 6. The van der Waals surface area contributed by atoms with E-state index >= 15 is 0 Å². The number of ether oxygens (including phenoxy) is 2. The van der Waals surface area contributed by atoms with Crippen LogP contribution in [0.1, 0.15) is 23.4 Å². The van der Waals surface area contributed by atoms with Crippen molar-refractivity contribution in [1.82, 2.24) is 4.90 Å². The zero-order valence-corrected chi connectivity index (χ0v) is 15.3. The van der Waals surface area contributed by atoms with E-state index in [0.717, 1.165) is 16.9 Å². The van der Waals surface area contributed by atoms with E-state index in [1.54, 1.807) is 4.90 Å². The second-order valence-corrected chi connectivity index (χ2v) is 6.92. The minimum absolute atomic E-state index is 0.0214. The van der Waals surface area contributed by atoms with E-state index in [0.29, 0.717) is 18.9 Å². The van der Waals surface area contributed by atoms with Crippen LogP contribution >= 0.6 is 11.8 Å². The molecule has 1 fully saturated rings. The average molecular weight is 397 g/mol. The van der Waals surface area contributed by atoms with Gasteiger partial charge in [-0.25, -0.2) is 0 Å². The quantitative estimate of drug-likeness (QED) is 0.705. The molecule has 0 spiro atoms. The van der Waals surface area contributed by atoms with E-state index in [9.17, 15) is 18.0 Å². The molecule has 1 aliphatic rings. The van der Waals surface area contributed by atoms with E-state index in [1.807, 2.05) is 31.2 Å². The highest BCUT2D eigenvalue weighted by atomic mass is 32.2. The number of thioether (sulfide) groups is 1. The fourth-order valence-corrected chi connectivity index (χ4v) is 4.06. The molecule has 0 N–H and O–H groups in total. The number of amides is 1. The van der Waals surface area contributed by atoms with Gasteiger partial charge in [0.1, 0.15) is 16.9 Å². The Kier molecular flexibility index (Phi) is 5.84. The molecule has 0 aliphatic carbocycles. The molecule has 27 heavy (non-hydrogen) atoms. The Bertz CT molecular complexity index is 796. The maximum absolute atomic E-state index is 12.4. The number of carbonyl (C=O) groups is 1. The first-order chi connectivity index (χ1) is 12.9. The highest BCUT2D eigenvalue weighted by Gasteiger charge is 2.34. The second kappa shape index (κ2) is 8.12. The molecule has 0 saturated carbocycles. The minimum atomic E-state index is -4.73. The highest BCUT2D eigenvalue weighted by molar-refractivity contribution is 8.00. The number of halogens is 3. The molecule has 1 atom stereocenters. The molecule has 2 aromatic rings. The summed E-state index contributed by atoms with van der Waals surface area (Å²) in [6.07, 6.45) is -4.73. The first kappa shape index (κ1) is 19.4. The SMILES string of the molecule is CCOc1ccccc1C1SCC(=O)N1Cc1ccc(OC(F)(F)F)cc1. The lowest BCUT2D eigenvalue weighted by molar-refractivity contribution is -0.274. The van der Waals surface area contributed by atoms with Crippen molar-refractivity contribution in [2.45, 2.75) is 25.2 Å². The highest BCUT2D eigenvalue weighted by Crippen LogP contribution is 2.43. The molecular formula is C19H18F3NO3S. The maximum atomic E-state index is 12.4. The molecule has 0 radical (unpaired) electrons. The van der Waals surface area contributed by atoms with Gasteiger partial charge in [0.2, 0.25) is 5.91 Å². The molecule has 144 valence electrons. The lowest BCUT2D eigenvalue weighted by Gasteiger charge is -2.26. The van der Waals surface area contributed by atoms with Crippen molar-refractivity contribution in [1.29, 1.82) is 0 Å². The minimum Gasteiger partial charge on any atom is -0.493 e. The van der Waals surface area contributed by atoms with Crippen molar-refractivity contribution < 1.29 is 27.4 Å². The molecule has 8 heteroatoms. The van der Waals surface area contributed by atoms with Crippen LogP contribution in [0.3, 0.4) is 0 Å². The monoisotopic (exact) mass is 397 g/mol. The average Bonchev–Trinajstić information content (AvgIpc) is 2.97. The third kappa shape index (κ3) is 4.88. The van der Waals surface area contributed by atoms with Gasteiger partial charge in [-0.1, -0.05) is 30.3 Å². The van der Waals surface area contributed by atoms with Gasteiger partial charge in [-0.15, -0.1) is 24.9 Å². The van der Waals surface area contributed by atoms with Crippen LogP contribution in [-0.2, 0) is 11.3 Å². The van der Waals surface area contributed by atoms with Gasteiger partial charge in [-0.05, 0) is 30.7 Å². The largest absolute Gasteiger partial charge is 0.573 e. The topological polar surface area (TPSA) is 38.8 Å². The number of nitrogens with zero attached hydrogens (tertiary/aromatic N) is 1. The van der Waals surface area contributed by atoms with Gasteiger partial charge in [0.15, 0.2) is 0 Å². The summed E-state index contributed by atoms with van der Waals surface area (Å²) in [5.41, 5.74) is 1.63. The van der Waals surface area contributed by atoms with Crippen molar-refractivity contribution in [3.8, 4) is 11.5 Å². The molecular weight excluding hydrogens is 379 g/mol. The molecule has 1 heterocycles. The van der Waals surface area contributed by atoms with Gasteiger partial charge >= 0.3 is 6.36 Å². The van der Waals surface area contributed by atoms with E-state index in [-0.39, 0.29) is 17.0 Å². The first-order valence-electron chi connectivity index (χ1n) is 8.35. The summed E-state index contributed by atoms with van der Waals surface area (Å²) in [4.78, 5) is 14.1. The summed E-state index contributed by atoms with van der Waals surface area (Å²) in [5, 5.41) is -0.202. The molecule has 1 aliphatic heterocycles. The predicted molar refractivity (Wildman–Crippen MR) is 96.5 cm³/mol. The molecule has 4 nitrogen and oxygen atoms in total. The molecule has 1 unspecified atom stereocenters. The molecule has 1 amide bonds. The van der Waals surface area contributed by atoms with Crippen molar-refractivity contribution >= 4 is 17.7 Å². The van der Waals surface area contributed by atoms with Gasteiger partial charge in [0.25, 0.3) is 0 Å². The lowest BCUT2D eigenvalue weighted by Crippen LogP contribution is -2.28. The zero-order valence-electron chi connectivity index (χ0n) is 14.5. The summed E-state index contributed by atoms with van der Waals surface area (Å²) in [6, 6.07) is 13.1. The fourth-order valence-electron chi connectivity index (χ4n) is 2.85. The Morgan fingerprint density at radius 1 is 1.15 bits per heavy atom. The van der Waals surface area contributed by atoms with Crippen molar-refractivity contribution in [3.63, 3.8) is 0 Å². The van der Waals surface area contributed by atoms with Crippen LogP contribution in [0.15, 0.2) is 48.5 Å². The standard InChI is InChI=1S/C19H18F3NO3S/c1-2-25-16-6-4-3-5-15(16)18-23(17(24)12-27-18)11-13-7-9-14(10-8-13)26-19(20,21)22/h3-10,18H,2,11-12H2,1H3. The number of para-hydroxylation sites is 1. The Morgan fingerprint density at radius 2 is 1.85 bits per heavy atom. The van der Waals surface area contributed by atoms with Crippen LogP contribution < -0.4 is 9.47 Å². The predicted octanol–water partition coefficient (Wildman–Crippen LogP) is 4.76. The number of benzene rings is 2. The Balaban J connectivity index is 1.78. The van der Waals surface area contributed by atoms with Crippen LogP contribution in [0.4, 0.5) is 13.2 Å². The van der Waals surface area contributed by atoms with Gasteiger partial charge in [0, 0.05) is 12.1 Å². The van der Waals surface area contributed by atoms with Gasteiger partial charge in [0.05, 0.1) is 12.4 Å². The van der Waals surface area contributed by atoms with Gasteiger partial charge in [-0.2, -0.15) is 0 Å². The van der Waals surface area contributed by atoms with E-state index in [1.165, 1.54) is 36.0 Å². The summed E-state index contributed by atoms with van der Waals surface area (Å²) < 4.78 is 46.4. The zero-order chi connectivity index (χ0) is 19.4. The van der Waals surface area contributed by atoms with Crippen LogP contribution in [0, 0.1) is 0 Å². The van der Waals surface area contributed by atoms with Crippen LogP contribution in [-0.4, -0.2) is 29.5 Å². The van der Waals surface area contributed by atoms with E-state index < -0.39 is 6.36 Å². The van der Waals surface area contributed by atoms with Crippen LogP contribution in [0.25, 0.3) is 0 Å². The Morgan fingerprint density at radius 3 is 2.52 bits per heavy atom. The third-order valence-corrected chi connectivity index (χ3v) is 5.20. The fraction of sp³-hybridized carbons (Fsp3) is 0.316. The van der Waals surface area contributed by atoms with Crippen molar-refractivity contribution in [2.75, 3.05) is 12.4 Å². The Labute approximate surface area is 159 Å². The molecule has 0 bridgehead atoms. The summed E-state index contributed by atoms with van der Waals surface area (Å²) in [7, 11) is 0. The smallest absolute Gasteiger partial charge is 0.493 e. The Hall–Kier alpha value is -2.35. The van der Waals surface area contributed by atoms with Crippen LogP contribution in [0.2, 0.25) is 0 Å². The first-order valence-corrected chi connectivity index (χ1v) is 9.39. The molecule has 3 rings (SSSR count). The van der Waals surface area contributed by atoms with Gasteiger partial charge in [-0.3, -0.25) is 4.79 Å².